The summed E-state index contributed by atoms with van der Waals surface area (Å²) >= 11 is 0. The average Bonchev–Trinajstić information content (AvgIpc) is 3.69. The molecule has 2 heterocycles. The zero-order valence-corrected chi connectivity index (χ0v) is 30.0. The van der Waals surface area contributed by atoms with Gasteiger partial charge in [0.05, 0.1) is 29.0 Å². The van der Waals surface area contributed by atoms with Crippen LogP contribution in [0.4, 0.5) is 5.69 Å². The average molecular weight is 691 g/mol. The van der Waals surface area contributed by atoms with Crippen LogP contribution in [0.2, 0.25) is 0 Å². The van der Waals surface area contributed by atoms with Crippen LogP contribution in [-0.2, 0) is 5.41 Å². The highest BCUT2D eigenvalue weighted by molar-refractivity contribution is 6.14. The van der Waals surface area contributed by atoms with Crippen LogP contribution in [0, 0.1) is 6.57 Å². The van der Waals surface area contributed by atoms with Crippen LogP contribution in [0.15, 0.2) is 170 Å². The van der Waals surface area contributed by atoms with E-state index in [0.29, 0.717) is 11.5 Å². The third-order valence-corrected chi connectivity index (χ3v) is 11.0. The van der Waals surface area contributed by atoms with Crippen LogP contribution < -0.4 is 0 Å². The van der Waals surface area contributed by atoms with Gasteiger partial charge in [0.1, 0.15) is 0 Å². The van der Waals surface area contributed by atoms with E-state index < -0.39 is 0 Å². The fraction of sp³-hybridized carbons (Fsp3) is 0.0600. The largest absolute Gasteiger partial charge is 0.309 e. The maximum atomic E-state index is 8.07. The second-order valence-electron chi connectivity index (χ2n) is 14.5. The zero-order chi connectivity index (χ0) is 36.4. The highest BCUT2D eigenvalue weighted by Gasteiger charge is 2.38. The standard InChI is InChI=1S/C50H34N4/c1-50(2)41-23-13-10-21-38(41)39-26-27-46-47(48(39)50)40-22-12-15-25-45(40)54(46)36-29-34(37-20-11-14-24-42(37)51-3)28-35(30-36)44-31-43(32-16-6-4-7-17-32)52-49(53-44)33-18-8-5-9-19-33/h4-31H,1-2H3. The van der Waals surface area contributed by atoms with Gasteiger partial charge in [-0.25, -0.2) is 14.8 Å². The first-order valence-electron chi connectivity index (χ1n) is 18.3. The van der Waals surface area contributed by atoms with Crippen molar-refractivity contribution in [2.45, 2.75) is 19.3 Å². The van der Waals surface area contributed by atoms with E-state index in [9.17, 15) is 0 Å². The third kappa shape index (κ3) is 4.90. The van der Waals surface area contributed by atoms with E-state index in [1.807, 2.05) is 60.7 Å². The lowest BCUT2D eigenvalue weighted by Crippen LogP contribution is -2.15. The predicted octanol–water partition coefficient (Wildman–Crippen LogP) is 13.1. The van der Waals surface area contributed by atoms with Gasteiger partial charge in [0.2, 0.25) is 0 Å². The van der Waals surface area contributed by atoms with Gasteiger partial charge in [0.15, 0.2) is 11.5 Å². The molecule has 0 saturated heterocycles. The molecule has 0 N–H and O–H groups in total. The van der Waals surface area contributed by atoms with Gasteiger partial charge in [-0.3, -0.25) is 0 Å². The van der Waals surface area contributed by atoms with Gasteiger partial charge in [-0.2, -0.15) is 0 Å². The van der Waals surface area contributed by atoms with Crippen molar-refractivity contribution in [2.75, 3.05) is 0 Å². The summed E-state index contributed by atoms with van der Waals surface area (Å²) in [4.78, 5) is 14.2. The van der Waals surface area contributed by atoms with Crippen LogP contribution in [0.5, 0.6) is 0 Å². The number of aromatic nitrogens is 3. The predicted molar refractivity (Wildman–Crippen MR) is 222 cm³/mol. The van der Waals surface area contributed by atoms with Gasteiger partial charge >= 0.3 is 0 Å². The fourth-order valence-corrected chi connectivity index (χ4v) is 8.54. The second-order valence-corrected chi connectivity index (χ2v) is 14.5. The molecule has 4 heteroatoms. The summed E-state index contributed by atoms with van der Waals surface area (Å²) < 4.78 is 2.40. The Morgan fingerprint density at radius 3 is 1.93 bits per heavy atom. The van der Waals surface area contributed by atoms with Crippen molar-refractivity contribution in [3.63, 3.8) is 0 Å². The molecule has 10 rings (SSSR count). The molecule has 0 aliphatic heterocycles. The molecular weight excluding hydrogens is 657 g/mol. The lowest BCUT2D eigenvalue weighted by molar-refractivity contribution is 0.666. The Balaban J connectivity index is 1.28. The van der Waals surface area contributed by atoms with Crippen molar-refractivity contribution in [2.24, 2.45) is 0 Å². The zero-order valence-electron chi connectivity index (χ0n) is 30.0. The Morgan fingerprint density at radius 2 is 1.15 bits per heavy atom. The molecule has 0 radical (unpaired) electrons. The summed E-state index contributed by atoms with van der Waals surface area (Å²) in [5.41, 5.74) is 15.5. The number of hydrogen-bond acceptors (Lipinski definition) is 2. The van der Waals surface area contributed by atoms with Gasteiger partial charge in [-0.05, 0) is 69.8 Å². The fourth-order valence-electron chi connectivity index (χ4n) is 8.54. The summed E-state index contributed by atoms with van der Waals surface area (Å²) in [6, 6.07) is 59.2. The number of benzene rings is 7. The second kappa shape index (κ2) is 12.3. The number of fused-ring (bicyclic) bond motifs is 7. The lowest BCUT2D eigenvalue weighted by atomic mass is 9.80. The molecule has 1 aliphatic rings. The molecule has 254 valence electrons. The molecule has 0 amide bonds. The van der Waals surface area contributed by atoms with Gasteiger partial charge in [0, 0.05) is 38.6 Å². The minimum Gasteiger partial charge on any atom is -0.309 e. The lowest BCUT2D eigenvalue weighted by Gasteiger charge is -2.22. The molecule has 0 fully saturated rings. The Bertz CT molecular complexity index is 2910. The van der Waals surface area contributed by atoms with Crippen molar-refractivity contribution < 1.29 is 0 Å². The first-order chi connectivity index (χ1) is 26.5. The topological polar surface area (TPSA) is 35.1 Å². The maximum Gasteiger partial charge on any atom is 0.194 e. The summed E-state index contributed by atoms with van der Waals surface area (Å²) in [7, 11) is 0. The quantitative estimate of drug-likeness (QED) is 0.169. The Labute approximate surface area is 314 Å². The molecule has 9 aromatic rings. The van der Waals surface area contributed by atoms with Crippen LogP contribution >= 0.6 is 0 Å². The first-order valence-corrected chi connectivity index (χ1v) is 18.3. The van der Waals surface area contributed by atoms with Crippen molar-refractivity contribution >= 4 is 27.5 Å². The van der Waals surface area contributed by atoms with E-state index >= 15 is 0 Å². The SMILES string of the molecule is [C-]#[N+]c1ccccc1-c1cc(-c2cc(-c3ccccc3)nc(-c3ccccc3)n2)cc(-n2c3ccccc3c3c4c(ccc32)-c2ccccc2C4(C)C)c1. The number of nitrogens with zero attached hydrogens (tertiary/aromatic N) is 4. The minimum absolute atomic E-state index is 0.176. The van der Waals surface area contributed by atoms with E-state index in [4.69, 9.17) is 16.5 Å². The molecule has 0 spiro atoms. The minimum atomic E-state index is -0.176. The monoisotopic (exact) mass is 690 g/mol. The molecule has 2 aromatic heterocycles. The number of hydrogen-bond donors (Lipinski definition) is 0. The van der Waals surface area contributed by atoms with Gasteiger partial charge in [0.25, 0.3) is 0 Å². The van der Waals surface area contributed by atoms with E-state index in [0.717, 1.165) is 55.9 Å². The van der Waals surface area contributed by atoms with Crippen LogP contribution in [0.1, 0.15) is 25.0 Å². The Kier molecular flexibility index (Phi) is 7.18. The maximum absolute atomic E-state index is 8.07. The van der Waals surface area contributed by atoms with Gasteiger partial charge in [-0.15, -0.1) is 0 Å². The summed E-state index contributed by atoms with van der Waals surface area (Å²) in [5, 5.41) is 2.50. The molecule has 7 aromatic carbocycles. The molecular formula is C50H34N4. The summed E-state index contributed by atoms with van der Waals surface area (Å²) in [5.74, 6) is 0.662. The highest BCUT2D eigenvalue weighted by Crippen LogP contribution is 2.53. The van der Waals surface area contributed by atoms with Crippen molar-refractivity contribution in [1.29, 1.82) is 0 Å². The number of rotatable bonds is 5. The Morgan fingerprint density at radius 1 is 0.519 bits per heavy atom. The smallest absolute Gasteiger partial charge is 0.194 e. The van der Waals surface area contributed by atoms with Gasteiger partial charge < -0.3 is 4.57 Å². The van der Waals surface area contributed by atoms with E-state index in [2.05, 4.69) is 132 Å². The van der Waals surface area contributed by atoms with Gasteiger partial charge in [-0.1, -0.05) is 147 Å². The molecule has 1 aliphatic carbocycles. The first kappa shape index (κ1) is 31.6. The van der Waals surface area contributed by atoms with Crippen LogP contribution in [0.3, 0.4) is 0 Å². The van der Waals surface area contributed by atoms with E-state index in [1.165, 1.54) is 33.0 Å². The van der Waals surface area contributed by atoms with Crippen molar-refractivity contribution in [3.05, 3.63) is 192 Å². The van der Waals surface area contributed by atoms with Crippen molar-refractivity contribution in [3.8, 4) is 61.8 Å². The van der Waals surface area contributed by atoms with Crippen LogP contribution in [-0.4, -0.2) is 14.5 Å². The summed E-state index contributed by atoms with van der Waals surface area (Å²) in [6.45, 7) is 12.8. The molecule has 0 bridgehead atoms. The molecule has 0 saturated carbocycles. The Hall–Kier alpha value is -7.09. The highest BCUT2D eigenvalue weighted by atomic mass is 15.0. The van der Waals surface area contributed by atoms with E-state index in [1.54, 1.807) is 0 Å². The van der Waals surface area contributed by atoms with E-state index in [-0.39, 0.29) is 5.41 Å². The number of para-hydroxylation sites is 2. The summed E-state index contributed by atoms with van der Waals surface area (Å²) in [6.07, 6.45) is 0. The third-order valence-electron chi connectivity index (χ3n) is 11.0. The van der Waals surface area contributed by atoms with Crippen molar-refractivity contribution in [1.82, 2.24) is 14.5 Å². The molecule has 0 atom stereocenters. The molecule has 54 heavy (non-hydrogen) atoms. The molecule has 4 nitrogen and oxygen atoms in total. The normalized spacial score (nSPS) is 12.8. The molecule has 0 unspecified atom stereocenters. The van der Waals surface area contributed by atoms with Crippen LogP contribution in [0.25, 0.3) is 88.5 Å².